The fourth-order valence-electron chi connectivity index (χ4n) is 3.99. The van der Waals surface area contributed by atoms with Crippen molar-refractivity contribution in [3.05, 3.63) is 29.8 Å². The molecule has 0 radical (unpaired) electrons. The van der Waals surface area contributed by atoms with Crippen LogP contribution in [-0.2, 0) is 39.9 Å². The first-order valence-corrected chi connectivity index (χ1v) is 14.4. The van der Waals surface area contributed by atoms with E-state index >= 15 is 0 Å². The van der Waals surface area contributed by atoms with E-state index in [9.17, 15) is 28.8 Å². The Morgan fingerprint density at radius 3 is 2.31 bits per heavy atom. The highest BCUT2D eigenvalue weighted by Crippen LogP contribution is 2.17. The van der Waals surface area contributed by atoms with Gasteiger partial charge in [-0.2, -0.15) is 0 Å². The van der Waals surface area contributed by atoms with Gasteiger partial charge in [0.25, 0.3) is 0 Å². The molecule has 0 saturated carbocycles. The minimum atomic E-state index is -0.486. The van der Waals surface area contributed by atoms with Gasteiger partial charge in [-0.3, -0.25) is 28.9 Å². The van der Waals surface area contributed by atoms with Gasteiger partial charge in [-0.1, -0.05) is 25.5 Å². The molecule has 12 nitrogen and oxygen atoms in total. The Bertz CT molecular complexity index is 1090. The van der Waals surface area contributed by atoms with Gasteiger partial charge in [0.05, 0.1) is 19.6 Å². The average molecular weight is 589 g/mol. The van der Waals surface area contributed by atoms with Gasteiger partial charge in [0, 0.05) is 64.8 Å². The molecule has 1 aliphatic rings. The lowest BCUT2D eigenvalue weighted by atomic mass is 10.0. The Labute approximate surface area is 247 Å². The predicted octanol–water partition coefficient (Wildman–Crippen LogP) is 2.33. The summed E-state index contributed by atoms with van der Waals surface area (Å²) < 4.78 is 10.6. The summed E-state index contributed by atoms with van der Waals surface area (Å²) in [7, 11) is 3.18. The summed E-state index contributed by atoms with van der Waals surface area (Å²) in [6.45, 7) is 5.59. The lowest BCUT2D eigenvalue weighted by Crippen LogP contribution is -2.48. The zero-order chi connectivity index (χ0) is 31.1. The molecule has 1 aliphatic heterocycles. The third-order valence-electron chi connectivity index (χ3n) is 7.20. The number of nitrogens with zero attached hydrogens (tertiary/aromatic N) is 3. The van der Waals surface area contributed by atoms with Crippen LogP contribution >= 0.6 is 0 Å². The van der Waals surface area contributed by atoms with Gasteiger partial charge in [-0.05, 0) is 37.5 Å². The van der Waals surface area contributed by atoms with Crippen LogP contribution in [0.5, 0.6) is 0 Å². The van der Waals surface area contributed by atoms with Gasteiger partial charge in [-0.25, -0.2) is 4.79 Å². The van der Waals surface area contributed by atoms with E-state index in [0.29, 0.717) is 44.8 Å². The monoisotopic (exact) mass is 588 g/mol. The number of likely N-dealkylation sites (N-methyl/N-ethyl adjacent to an activating group) is 1. The van der Waals surface area contributed by atoms with E-state index in [1.807, 2.05) is 6.92 Å². The molecule has 1 aromatic rings. The summed E-state index contributed by atoms with van der Waals surface area (Å²) in [6, 6.07) is 6.86. The summed E-state index contributed by atoms with van der Waals surface area (Å²) in [5.74, 6) is -0.885. The molecule has 0 aliphatic carbocycles. The van der Waals surface area contributed by atoms with E-state index in [-0.39, 0.29) is 61.4 Å². The van der Waals surface area contributed by atoms with E-state index in [4.69, 9.17) is 9.47 Å². The number of amides is 5. The molecular formula is C30H44N4O8. The van der Waals surface area contributed by atoms with E-state index < -0.39 is 6.09 Å². The average Bonchev–Trinajstić information content (AvgIpc) is 2.95. The summed E-state index contributed by atoms with van der Waals surface area (Å²) in [5.41, 5.74) is 1.32. The van der Waals surface area contributed by atoms with Gasteiger partial charge in [0.2, 0.25) is 23.6 Å². The molecule has 1 atom stereocenters. The van der Waals surface area contributed by atoms with Crippen molar-refractivity contribution in [3.8, 4) is 0 Å². The van der Waals surface area contributed by atoms with Crippen molar-refractivity contribution in [2.45, 2.75) is 58.8 Å². The van der Waals surface area contributed by atoms with Crippen molar-refractivity contribution in [3.63, 3.8) is 0 Å². The molecule has 2 rings (SSSR count). The zero-order valence-corrected chi connectivity index (χ0v) is 25.2. The van der Waals surface area contributed by atoms with Crippen LogP contribution in [0, 0.1) is 5.92 Å². The molecular weight excluding hydrogens is 544 g/mol. The lowest BCUT2D eigenvalue weighted by Gasteiger charge is -2.28. The maximum absolute atomic E-state index is 12.6. The molecule has 5 amide bonds. The number of nitrogens with one attached hydrogen (secondary N) is 1. The highest BCUT2D eigenvalue weighted by molar-refractivity contribution is 6.04. The number of rotatable bonds is 18. The standard InChI is InChI=1S/C30H44N4O8/c1-22(23(2)35)8-5-6-14-31-30(40)42-18-7-17-41-19-16-32(3)27(37)21-28(38)33(4)25-11-9-24(10-12-25)20-29(39)34-15-13-26(34)36/h9-12,22H,5-8,13-21H2,1-4H3,(H,31,40). The molecule has 1 N–H and O–H groups in total. The second-order valence-corrected chi connectivity index (χ2v) is 10.5. The van der Waals surface area contributed by atoms with Gasteiger partial charge in [0.15, 0.2) is 0 Å². The summed E-state index contributed by atoms with van der Waals surface area (Å²) >= 11 is 0. The third kappa shape index (κ3) is 12.0. The van der Waals surface area contributed by atoms with Crippen LogP contribution in [0.4, 0.5) is 10.5 Å². The van der Waals surface area contributed by atoms with Gasteiger partial charge in [0.1, 0.15) is 12.2 Å². The Kier molecular flexibility index (Phi) is 14.7. The highest BCUT2D eigenvalue weighted by atomic mass is 16.5. The number of ether oxygens (including phenoxy) is 2. The maximum atomic E-state index is 12.6. The van der Waals surface area contributed by atoms with Crippen molar-refractivity contribution in [1.82, 2.24) is 15.1 Å². The number of hydrogen-bond donors (Lipinski definition) is 1. The summed E-state index contributed by atoms with van der Waals surface area (Å²) in [4.78, 5) is 75.6. The van der Waals surface area contributed by atoms with Gasteiger partial charge < -0.3 is 24.6 Å². The zero-order valence-electron chi connectivity index (χ0n) is 25.2. The molecule has 1 heterocycles. The summed E-state index contributed by atoms with van der Waals surface area (Å²) in [6.07, 6.45) is 2.69. The molecule has 1 saturated heterocycles. The fraction of sp³-hybridized carbons (Fsp3) is 0.600. The molecule has 1 fully saturated rings. The summed E-state index contributed by atoms with van der Waals surface area (Å²) in [5, 5.41) is 2.68. The minimum absolute atomic E-state index is 0.0459. The van der Waals surface area contributed by atoms with E-state index in [1.165, 1.54) is 14.7 Å². The topological polar surface area (TPSA) is 143 Å². The molecule has 42 heavy (non-hydrogen) atoms. The number of Topliss-reactive ketones (excluding diaryl/α,β-unsaturated/α-hetero) is 1. The molecule has 1 aromatic carbocycles. The first-order valence-electron chi connectivity index (χ1n) is 14.4. The Hall–Kier alpha value is -3.80. The predicted molar refractivity (Wildman–Crippen MR) is 156 cm³/mol. The molecule has 0 aromatic heterocycles. The van der Waals surface area contributed by atoms with Crippen LogP contribution in [0.2, 0.25) is 0 Å². The Balaban J connectivity index is 1.54. The highest BCUT2D eigenvalue weighted by Gasteiger charge is 2.29. The molecule has 232 valence electrons. The number of likely N-dealkylation sites (tertiary alicyclic amines) is 1. The fourth-order valence-corrected chi connectivity index (χ4v) is 3.99. The quantitative estimate of drug-likeness (QED) is 0.156. The van der Waals surface area contributed by atoms with Crippen LogP contribution < -0.4 is 10.2 Å². The van der Waals surface area contributed by atoms with E-state index in [1.54, 1.807) is 45.3 Å². The number of ketones is 1. The first kappa shape index (κ1) is 34.4. The normalized spacial score (nSPS) is 13.1. The molecule has 12 heteroatoms. The van der Waals surface area contributed by atoms with Crippen LogP contribution in [0.3, 0.4) is 0 Å². The number of benzene rings is 1. The van der Waals surface area contributed by atoms with Crippen molar-refractivity contribution in [1.29, 1.82) is 0 Å². The van der Waals surface area contributed by atoms with E-state index in [0.717, 1.165) is 24.8 Å². The second-order valence-electron chi connectivity index (χ2n) is 10.5. The minimum Gasteiger partial charge on any atom is -0.449 e. The molecule has 0 spiro atoms. The van der Waals surface area contributed by atoms with Gasteiger partial charge in [-0.15, -0.1) is 0 Å². The number of unbranched alkanes of at least 4 members (excludes halogenated alkanes) is 1. The number of carbonyl (C=O) groups excluding carboxylic acids is 6. The van der Waals surface area contributed by atoms with Crippen LogP contribution in [0.15, 0.2) is 24.3 Å². The van der Waals surface area contributed by atoms with Crippen molar-refractivity contribution in [2.75, 3.05) is 58.5 Å². The van der Waals surface area contributed by atoms with Crippen molar-refractivity contribution >= 4 is 41.2 Å². The van der Waals surface area contributed by atoms with Crippen LogP contribution in [0.25, 0.3) is 0 Å². The lowest BCUT2D eigenvalue weighted by molar-refractivity contribution is -0.152. The Morgan fingerprint density at radius 2 is 1.69 bits per heavy atom. The smallest absolute Gasteiger partial charge is 0.407 e. The van der Waals surface area contributed by atoms with Crippen LogP contribution in [-0.4, -0.2) is 98.9 Å². The van der Waals surface area contributed by atoms with Crippen molar-refractivity contribution in [2.24, 2.45) is 5.92 Å². The number of imide groups is 1. The SMILES string of the molecule is CC(=O)C(C)CCCCNC(=O)OCCCOCCN(C)C(=O)CC(=O)N(C)c1ccc(CC(=O)N2CCC2=O)cc1. The number of hydrogen-bond acceptors (Lipinski definition) is 8. The number of β-lactam (4-membered cyclic amide) rings is 1. The first-order chi connectivity index (χ1) is 20.0. The largest absolute Gasteiger partial charge is 0.449 e. The molecule has 1 unspecified atom stereocenters. The molecule has 0 bridgehead atoms. The maximum Gasteiger partial charge on any atom is 0.407 e. The van der Waals surface area contributed by atoms with Crippen molar-refractivity contribution < 1.29 is 38.2 Å². The number of carbonyl (C=O) groups is 6. The second kappa shape index (κ2) is 17.9. The van der Waals surface area contributed by atoms with E-state index in [2.05, 4.69) is 5.32 Å². The van der Waals surface area contributed by atoms with Crippen LogP contribution in [0.1, 0.15) is 57.9 Å². The Morgan fingerprint density at radius 1 is 0.976 bits per heavy atom. The van der Waals surface area contributed by atoms with Gasteiger partial charge >= 0.3 is 6.09 Å². The number of alkyl carbamates (subject to hydrolysis) is 1. The number of anilines is 1. The third-order valence-corrected chi connectivity index (χ3v) is 7.20.